The molecule has 0 aromatic heterocycles. The maximum Gasteiger partial charge on any atom is 0.269 e. The third kappa shape index (κ3) is 3.80. The molecule has 3 aromatic rings. The molecule has 1 atom stereocenters. The second-order valence-corrected chi connectivity index (χ2v) is 11.9. The van der Waals surface area contributed by atoms with Crippen LogP contribution in [0.2, 0.25) is 0 Å². The molecule has 3 aromatic carbocycles. The van der Waals surface area contributed by atoms with Crippen LogP contribution in [0.4, 0.5) is 0 Å². The van der Waals surface area contributed by atoms with E-state index in [0.717, 1.165) is 11.8 Å². The van der Waals surface area contributed by atoms with Crippen molar-refractivity contribution in [1.82, 2.24) is 0 Å². The van der Waals surface area contributed by atoms with Crippen molar-refractivity contribution in [3.63, 3.8) is 0 Å². The fourth-order valence-electron chi connectivity index (χ4n) is 5.43. The van der Waals surface area contributed by atoms with Crippen LogP contribution in [0.5, 0.6) is 0 Å². The number of sulfone groups is 1. The highest BCUT2D eigenvalue weighted by molar-refractivity contribution is 7.90. The van der Waals surface area contributed by atoms with E-state index < -0.39 is 20.9 Å². The number of benzene rings is 3. The molecule has 0 aliphatic heterocycles. The first-order chi connectivity index (χ1) is 18.1. The Labute approximate surface area is 221 Å². The van der Waals surface area contributed by atoms with Crippen molar-refractivity contribution in [2.75, 3.05) is 6.26 Å². The average Bonchev–Trinajstić information content (AvgIpc) is 3.43. The Kier molecular flexibility index (Phi) is 5.98. The van der Waals surface area contributed by atoms with Crippen LogP contribution >= 0.6 is 0 Å². The molecule has 184 valence electrons. The van der Waals surface area contributed by atoms with Crippen molar-refractivity contribution < 1.29 is 17.2 Å². The summed E-state index contributed by atoms with van der Waals surface area (Å²) in [6, 6.07) is 13.8. The fraction of sp³-hybridized carbons (Fsp3) is 0.143. The second kappa shape index (κ2) is 9.06. The summed E-state index contributed by atoms with van der Waals surface area (Å²) in [5.41, 5.74) is 5.35. The van der Waals surface area contributed by atoms with Gasteiger partial charge in [0.1, 0.15) is 0 Å². The summed E-state index contributed by atoms with van der Waals surface area (Å²) in [5.74, 6) is -0.175. The van der Waals surface area contributed by atoms with Crippen molar-refractivity contribution in [1.29, 1.82) is 10.5 Å². The van der Waals surface area contributed by atoms with Crippen LogP contribution < -0.4 is 10.4 Å². The fourth-order valence-corrected chi connectivity index (χ4v) is 6.56. The smallest absolute Gasteiger partial charge is 0.269 e. The molecule has 0 spiro atoms. The van der Waals surface area contributed by atoms with Gasteiger partial charge in [-0.25, -0.2) is 28.6 Å². The van der Waals surface area contributed by atoms with Crippen molar-refractivity contribution in [3.05, 3.63) is 97.5 Å². The van der Waals surface area contributed by atoms with Crippen LogP contribution in [0.25, 0.3) is 43.3 Å². The quantitative estimate of drug-likeness (QED) is 0.258. The summed E-state index contributed by atoms with van der Waals surface area (Å²) in [7, 11) is -3.50. The van der Waals surface area contributed by atoms with E-state index in [1.165, 1.54) is 6.07 Å². The molecule has 2 aliphatic rings. The summed E-state index contributed by atoms with van der Waals surface area (Å²) in [4.78, 5) is 7.11. The zero-order chi connectivity index (χ0) is 27.4. The lowest BCUT2D eigenvalue weighted by atomic mass is 9.90. The molecule has 0 heterocycles. The standard InChI is InChI=1S/C28H16N4O4S2/c1-31-23(12-29)27-21-10-16-8-15(14-37(33)34)4-6-19(16)25(21)28(24(13-30)32-2)22-11-17-9-18(38(3,35)36)5-7-20(17)26(22)27/h4-9H,10-11,14H2,3H3,(H,33,34)/p-1/b27-23+,28-24-. The van der Waals surface area contributed by atoms with Gasteiger partial charge >= 0.3 is 0 Å². The highest BCUT2D eigenvalue weighted by Crippen LogP contribution is 2.41. The zero-order valence-electron chi connectivity index (χ0n) is 19.8. The molecular weight excluding hydrogens is 520 g/mol. The molecule has 5 rings (SSSR count). The normalized spacial score (nSPS) is 14.9. The number of nitrogens with zero attached hydrogens (tertiary/aromatic N) is 4. The minimum Gasteiger partial charge on any atom is -0.772 e. The van der Waals surface area contributed by atoms with E-state index in [9.17, 15) is 27.7 Å². The average molecular weight is 536 g/mol. The Bertz CT molecular complexity index is 2020. The van der Waals surface area contributed by atoms with Gasteiger partial charge in [0.15, 0.2) is 9.84 Å². The van der Waals surface area contributed by atoms with E-state index in [0.29, 0.717) is 54.9 Å². The van der Waals surface area contributed by atoms with E-state index >= 15 is 0 Å². The van der Waals surface area contributed by atoms with E-state index in [1.807, 2.05) is 12.1 Å². The number of rotatable bonds is 3. The van der Waals surface area contributed by atoms with Gasteiger partial charge in [0.25, 0.3) is 11.4 Å². The van der Waals surface area contributed by atoms with Gasteiger partial charge < -0.3 is 4.55 Å². The monoisotopic (exact) mass is 535 g/mol. The van der Waals surface area contributed by atoms with Crippen LogP contribution in [0.3, 0.4) is 0 Å². The molecule has 0 bridgehead atoms. The summed E-state index contributed by atoms with van der Waals surface area (Å²) in [6.07, 6.45) is 1.59. The molecule has 0 saturated carbocycles. The lowest BCUT2D eigenvalue weighted by Crippen LogP contribution is -2.25. The van der Waals surface area contributed by atoms with E-state index in [1.54, 1.807) is 30.3 Å². The lowest BCUT2D eigenvalue weighted by molar-refractivity contribution is 0.536. The highest BCUT2D eigenvalue weighted by atomic mass is 32.2. The summed E-state index contributed by atoms with van der Waals surface area (Å²) in [6.45, 7) is 15.4. The molecule has 10 heteroatoms. The van der Waals surface area contributed by atoms with Gasteiger partial charge in [0, 0.05) is 22.4 Å². The minimum absolute atomic E-state index is 0.123. The predicted octanol–water partition coefficient (Wildman–Crippen LogP) is 2.71. The van der Waals surface area contributed by atoms with Crippen LogP contribution in [0.15, 0.2) is 41.3 Å². The maximum atomic E-state index is 12.2. The van der Waals surface area contributed by atoms with Crippen LogP contribution in [-0.4, -0.2) is 23.4 Å². The molecule has 8 nitrogen and oxygen atoms in total. The third-order valence-corrected chi connectivity index (χ3v) is 8.53. The number of fused-ring (bicyclic) bond motifs is 6. The maximum absolute atomic E-state index is 12.2. The van der Waals surface area contributed by atoms with E-state index in [-0.39, 0.29) is 34.9 Å². The van der Waals surface area contributed by atoms with Crippen LogP contribution in [0, 0.1) is 35.8 Å². The van der Waals surface area contributed by atoms with Gasteiger partial charge in [0.2, 0.25) is 0 Å². The van der Waals surface area contributed by atoms with Gasteiger partial charge in [0.05, 0.1) is 30.2 Å². The molecule has 0 saturated heterocycles. The first kappa shape index (κ1) is 25.1. The van der Waals surface area contributed by atoms with Gasteiger partial charge in [-0.15, -0.1) is 0 Å². The Morgan fingerprint density at radius 1 is 0.947 bits per heavy atom. The Hall–Kier alpha value is -4.58. The van der Waals surface area contributed by atoms with Crippen molar-refractivity contribution in [3.8, 4) is 34.4 Å². The molecule has 0 fully saturated rings. The van der Waals surface area contributed by atoms with Gasteiger partial charge in [-0.3, -0.25) is 4.21 Å². The first-order valence-electron chi connectivity index (χ1n) is 11.2. The van der Waals surface area contributed by atoms with Crippen molar-refractivity contribution in [2.24, 2.45) is 0 Å². The second-order valence-electron chi connectivity index (χ2n) is 8.99. The summed E-state index contributed by atoms with van der Waals surface area (Å²) in [5, 5.41) is 20.6. The largest absolute Gasteiger partial charge is 0.772 e. The molecule has 0 N–H and O–H groups in total. The first-order valence-corrected chi connectivity index (χ1v) is 14.3. The Morgan fingerprint density at radius 3 is 1.89 bits per heavy atom. The molecule has 0 amide bonds. The molecule has 2 aliphatic carbocycles. The van der Waals surface area contributed by atoms with Crippen LogP contribution in [0.1, 0.15) is 27.8 Å². The topological polar surface area (TPSA) is 131 Å². The number of hydrogen-bond acceptors (Lipinski definition) is 6. The zero-order valence-corrected chi connectivity index (χ0v) is 21.5. The Morgan fingerprint density at radius 2 is 1.45 bits per heavy atom. The van der Waals surface area contributed by atoms with E-state index in [2.05, 4.69) is 9.69 Å². The van der Waals surface area contributed by atoms with E-state index in [4.69, 9.17) is 13.1 Å². The highest BCUT2D eigenvalue weighted by Gasteiger charge is 2.32. The number of hydrogen-bond donors (Lipinski definition) is 0. The molecule has 1 unspecified atom stereocenters. The van der Waals surface area contributed by atoms with Gasteiger partial charge in [-0.05, 0) is 75.0 Å². The molecule has 0 radical (unpaired) electrons. The van der Waals surface area contributed by atoms with Crippen molar-refractivity contribution >= 4 is 32.3 Å². The minimum atomic E-state index is -3.50. The van der Waals surface area contributed by atoms with Crippen LogP contribution in [-0.2, 0) is 39.5 Å². The van der Waals surface area contributed by atoms with Gasteiger partial charge in [-0.1, -0.05) is 35.3 Å². The predicted molar refractivity (Wildman–Crippen MR) is 139 cm³/mol. The molecular formula is C28H15N4O4S2-. The number of nitriles is 2. The van der Waals surface area contributed by atoms with Gasteiger partial charge in [-0.2, -0.15) is 0 Å². The third-order valence-electron chi connectivity index (χ3n) is 6.85. The van der Waals surface area contributed by atoms with Crippen molar-refractivity contribution in [2.45, 2.75) is 23.5 Å². The molecule has 38 heavy (non-hydrogen) atoms. The SMILES string of the molecule is [C-]#[N+]/C(C#N)=c1/c2c(/c(=C(\C#N)[N+]#[C-])c3c1-c1ccc(CS(=O)[O-])cc1C3)-c1ccc(S(C)(=O)=O)cc1C2. The lowest BCUT2D eigenvalue weighted by Gasteiger charge is -2.13. The summed E-state index contributed by atoms with van der Waals surface area (Å²) >= 11 is -2.29. The summed E-state index contributed by atoms with van der Waals surface area (Å²) < 4.78 is 47.0. The Balaban J connectivity index is 1.98.